The molecule has 1 fully saturated rings. The second-order valence-corrected chi connectivity index (χ2v) is 10.6. The molecule has 2 aromatic carbocycles. The maximum atomic E-state index is 12.9. The summed E-state index contributed by atoms with van der Waals surface area (Å²) >= 11 is 1.45. The SMILES string of the molecule is COc1ccc2ccc(S(=O)(=O)CNC3CCN(Cc4cc(C(=N)N)cs4)C3=O)cc2c1. The number of amidine groups is 1. The third-order valence-electron chi connectivity index (χ3n) is 5.51. The first kappa shape index (κ1) is 22.3. The fourth-order valence-electron chi connectivity index (χ4n) is 3.70. The van der Waals surface area contributed by atoms with Gasteiger partial charge in [-0.3, -0.25) is 15.5 Å². The average molecular weight is 473 g/mol. The topological polar surface area (TPSA) is 126 Å². The van der Waals surface area contributed by atoms with E-state index < -0.39 is 15.9 Å². The number of nitrogens with zero attached hydrogens (tertiary/aromatic N) is 1. The molecule has 3 aromatic rings. The largest absolute Gasteiger partial charge is 0.497 e. The van der Waals surface area contributed by atoms with Crippen LogP contribution in [-0.2, 0) is 21.2 Å². The van der Waals surface area contributed by atoms with E-state index in [0.717, 1.165) is 15.6 Å². The second kappa shape index (κ2) is 8.89. The van der Waals surface area contributed by atoms with E-state index in [2.05, 4.69) is 5.32 Å². The second-order valence-electron chi connectivity index (χ2n) is 7.65. The lowest BCUT2D eigenvalue weighted by atomic mass is 10.1. The maximum Gasteiger partial charge on any atom is 0.240 e. The lowest BCUT2D eigenvalue weighted by molar-refractivity contribution is -0.129. The molecule has 2 heterocycles. The summed E-state index contributed by atoms with van der Waals surface area (Å²) in [5.74, 6) is 0.210. The number of nitrogens with two attached hydrogens (primary N) is 1. The van der Waals surface area contributed by atoms with Crippen molar-refractivity contribution < 1.29 is 17.9 Å². The number of hydrogen-bond donors (Lipinski definition) is 3. The molecule has 10 heteroatoms. The molecule has 1 saturated heterocycles. The van der Waals surface area contributed by atoms with Gasteiger partial charge in [0.2, 0.25) is 5.91 Å². The molecule has 8 nitrogen and oxygen atoms in total. The third-order valence-corrected chi connectivity index (χ3v) is 7.95. The summed E-state index contributed by atoms with van der Waals surface area (Å²) in [7, 11) is -2.06. The molecule has 168 valence electrons. The van der Waals surface area contributed by atoms with Gasteiger partial charge in [-0.15, -0.1) is 11.3 Å². The minimum atomic E-state index is -3.62. The predicted octanol–water partition coefficient (Wildman–Crippen LogP) is 2.32. The van der Waals surface area contributed by atoms with E-state index in [-0.39, 0.29) is 22.5 Å². The van der Waals surface area contributed by atoms with Crippen molar-refractivity contribution in [3.05, 3.63) is 58.3 Å². The number of sulfone groups is 1. The molecule has 1 aliphatic rings. The lowest BCUT2D eigenvalue weighted by Gasteiger charge is -2.16. The van der Waals surface area contributed by atoms with Gasteiger partial charge in [-0.05, 0) is 47.5 Å². The van der Waals surface area contributed by atoms with E-state index in [0.29, 0.717) is 30.8 Å². The summed E-state index contributed by atoms with van der Waals surface area (Å²) in [6, 6.07) is 11.7. The van der Waals surface area contributed by atoms with Crippen LogP contribution >= 0.6 is 11.3 Å². The zero-order chi connectivity index (χ0) is 22.9. The van der Waals surface area contributed by atoms with Gasteiger partial charge in [0.1, 0.15) is 17.5 Å². The van der Waals surface area contributed by atoms with Crippen LogP contribution in [0.25, 0.3) is 10.8 Å². The van der Waals surface area contributed by atoms with Gasteiger partial charge in [-0.1, -0.05) is 12.1 Å². The molecule has 4 N–H and O–H groups in total. The Hall–Kier alpha value is -2.95. The Bertz CT molecular complexity index is 1290. The smallest absolute Gasteiger partial charge is 0.240 e. The van der Waals surface area contributed by atoms with E-state index in [4.69, 9.17) is 15.9 Å². The van der Waals surface area contributed by atoms with Crippen molar-refractivity contribution in [2.75, 3.05) is 19.5 Å². The summed E-state index contributed by atoms with van der Waals surface area (Å²) < 4.78 is 31.0. The monoisotopic (exact) mass is 472 g/mol. The van der Waals surface area contributed by atoms with Crippen LogP contribution in [0.2, 0.25) is 0 Å². The van der Waals surface area contributed by atoms with E-state index >= 15 is 0 Å². The number of fused-ring (bicyclic) bond motifs is 1. The third kappa shape index (κ3) is 4.62. The number of carbonyl (C=O) groups excluding carboxylic acids is 1. The summed E-state index contributed by atoms with van der Waals surface area (Å²) in [5, 5.41) is 13.9. The zero-order valence-corrected chi connectivity index (χ0v) is 19.1. The summed E-state index contributed by atoms with van der Waals surface area (Å²) in [6.45, 7) is 0.966. The quantitative estimate of drug-likeness (QED) is 0.341. The van der Waals surface area contributed by atoms with Gasteiger partial charge in [0, 0.05) is 22.4 Å². The Balaban J connectivity index is 1.40. The van der Waals surface area contributed by atoms with Crippen molar-refractivity contribution in [2.45, 2.75) is 23.9 Å². The van der Waals surface area contributed by atoms with E-state index in [1.807, 2.05) is 12.1 Å². The highest BCUT2D eigenvalue weighted by Crippen LogP contribution is 2.25. The van der Waals surface area contributed by atoms with E-state index in [1.54, 1.807) is 47.7 Å². The van der Waals surface area contributed by atoms with Gasteiger partial charge in [-0.25, -0.2) is 8.42 Å². The predicted molar refractivity (Wildman–Crippen MR) is 125 cm³/mol. The number of benzene rings is 2. The Morgan fingerprint density at radius 2 is 2.03 bits per heavy atom. The van der Waals surface area contributed by atoms with Gasteiger partial charge in [0.05, 0.1) is 24.6 Å². The van der Waals surface area contributed by atoms with Crippen LogP contribution in [0, 0.1) is 5.41 Å². The molecular formula is C22H24N4O4S2. The molecule has 1 amide bonds. The Labute approximate surface area is 190 Å². The molecule has 1 unspecified atom stereocenters. The molecule has 1 aromatic heterocycles. The minimum absolute atomic E-state index is 0.00265. The number of thiophene rings is 1. The highest BCUT2D eigenvalue weighted by molar-refractivity contribution is 7.91. The van der Waals surface area contributed by atoms with Gasteiger partial charge in [0.15, 0.2) is 9.84 Å². The van der Waals surface area contributed by atoms with Crippen LogP contribution in [0.3, 0.4) is 0 Å². The first-order chi connectivity index (χ1) is 15.3. The van der Waals surface area contributed by atoms with E-state index in [1.165, 1.54) is 11.3 Å². The van der Waals surface area contributed by atoms with Crippen molar-refractivity contribution in [3.63, 3.8) is 0 Å². The summed E-state index contributed by atoms with van der Waals surface area (Å²) in [5.41, 5.74) is 6.14. The summed E-state index contributed by atoms with van der Waals surface area (Å²) in [6.07, 6.45) is 0.536. The molecule has 0 bridgehead atoms. The van der Waals surface area contributed by atoms with Gasteiger partial charge in [-0.2, -0.15) is 0 Å². The molecule has 1 atom stereocenters. The minimum Gasteiger partial charge on any atom is -0.497 e. The summed E-state index contributed by atoms with van der Waals surface area (Å²) in [4.78, 5) is 15.6. The number of amides is 1. The normalized spacial score (nSPS) is 16.6. The van der Waals surface area contributed by atoms with E-state index in [9.17, 15) is 13.2 Å². The van der Waals surface area contributed by atoms with Gasteiger partial charge >= 0.3 is 0 Å². The molecule has 0 aliphatic carbocycles. The van der Waals surface area contributed by atoms with Crippen molar-refractivity contribution in [2.24, 2.45) is 5.73 Å². The molecule has 32 heavy (non-hydrogen) atoms. The van der Waals surface area contributed by atoms with Crippen molar-refractivity contribution in [1.29, 1.82) is 5.41 Å². The standard InChI is InChI=1S/C22H24N4O4S2/c1-30-17-4-2-14-3-5-19(10-15(14)8-17)32(28,29)13-25-20-6-7-26(22(20)27)11-18-9-16(12-31-18)21(23)24/h2-5,8-10,12,20,25H,6-7,11,13H2,1H3,(H3,23,24). The number of nitrogen functional groups attached to an aromatic ring is 1. The van der Waals surface area contributed by atoms with Gasteiger partial charge < -0.3 is 15.4 Å². The molecule has 0 saturated carbocycles. The Morgan fingerprint density at radius 3 is 2.75 bits per heavy atom. The van der Waals surface area contributed by atoms with Crippen molar-refractivity contribution in [3.8, 4) is 5.75 Å². The molecule has 0 radical (unpaired) electrons. The fraction of sp³-hybridized carbons (Fsp3) is 0.273. The zero-order valence-electron chi connectivity index (χ0n) is 17.5. The van der Waals surface area contributed by atoms with Crippen molar-refractivity contribution in [1.82, 2.24) is 10.2 Å². The number of nitrogens with one attached hydrogen (secondary N) is 2. The molecule has 4 rings (SSSR count). The Morgan fingerprint density at radius 1 is 1.25 bits per heavy atom. The van der Waals surface area contributed by atoms with Crippen LogP contribution in [0.5, 0.6) is 5.75 Å². The van der Waals surface area contributed by atoms with Gasteiger partial charge in [0.25, 0.3) is 0 Å². The van der Waals surface area contributed by atoms with Crippen molar-refractivity contribution >= 4 is 43.7 Å². The Kier molecular flexibility index (Phi) is 6.18. The first-order valence-corrected chi connectivity index (χ1v) is 12.5. The van der Waals surface area contributed by atoms with Crippen LogP contribution in [0.4, 0.5) is 0 Å². The number of likely N-dealkylation sites (tertiary alicyclic amines) is 1. The van der Waals surface area contributed by atoms with Crippen LogP contribution in [-0.4, -0.2) is 50.6 Å². The average Bonchev–Trinajstić information content (AvgIpc) is 3.39. The number of rotatable bonds is 8. The number of carbonyl (C=O) groups is 1. The first-order valence-electron chi connectivity index (χ1n) is 10.0. The highest BCUT2D eigenvalue weighted by Gasteiger charge is 2.32. The molecular weight excluding hydrogens is 448 g/mol. The number of hydrogen-bond acceptors (Lipinski definition) is 7. The number of ether oxygens (including phenoxy) is 1. The van der Waals surface area contributed by atoms with Crippen LogP contribution in [0.15, 0.2) is 52.7 Å². The highest BCUT2D eigenvalue weighted by atomic mass is 32.2. The van der Waals surface area contributed by atoms with Crippen LogP contribution in [0.1, 0.15) is 16.9 Å². The maximum absolute atomic E-state index is 12.9. The molecule has 0 spiro atoms. The molecule has 1 aliphatic heterocycles. The van der Waals surface area contributed by atoms with Crippen LogP contribution < -0.4 is 15.8 Å². The lowest BCUT2D eigenvalue weighted by Crippen LogP contribution is -2.40. The fourth-order valence-corrected chi connectivity index (χ4v) is 5.76. The number of methoxy groups -OCH3 is 1.